The number of ketones is 1. The van der Waals surface area contributed by atoms with Crippen LogP contribution in [0.15, 0.2) is 54.2 Å². The van der Waals surface area contributed by atoms with Crippen LogP contribution in [-0.2, 0) is 21.9 Å². The number of rotatable bonds is 5. The minimum atomic E-state index is -4.97. The second-order valence-electron chi connectivity index (χ2n) is 11.7. The van der Waals surface area contributed by atoms with E-state index in [2.05, 4.69) is 4.90 Å². The van der Waals surface area contributed by atoms with Gasteiger partial charge in [-0.15, -0.1) is 0 Å². The number of hydrogen-bond donors (Lipinski definition) is 1. The van der Waals surface area contributed by atoms with E-state index in [1.807, 2.05) is 0 Å². The van der Waals surface area contributed by atoms with Crippen LogP contribution >= 0.6 is 0 Å². The van der Waals surface area contributed by atoms with Gasteiger partial charge < -0.3 is 14.7 Å². The van der Waals surface area contributed by atoms with Crippen LogP contribution in [0, 0.1) is 17.2 Å². The summed E-state index contributed by atoms with van der Waals surface area (Å²) < 4.78 is 101. The molecule has 4 nitrogen and oxygen atoms in total. The van der Waals surface area contributed by atoms with Crippen LogP contribution in [0.3, 0.4) is 0 Å². The maximum absolute atomic E-state index is 13.9. The highest BCUT2D eigenvalue weighted by Crippen LogP contribution is 2.70. The van der Waals surface area contributed by atoms with Crippen LogP contribution < -0.4 is 0 Å². The predicted octanol–water partition coefficient (Wildman–Crippen LogP) is 6.80. The molecule has 1 N–H and O–H groups in total. The Hall–Kier alpha value is -2.92. The summed E-state index contributed by atoms with van der Waals surface area (Å²) in [7, 11) is 0. The minimum Gasteiger partial charge on any atom is -0.385 e. The number of alkyl halides is 6. The molecule has 1 heterocycles. The number of piperidine rings is 1. The lowest BCUT2D eigenvalue weighted by Gasteiger charge is -2.43. The van der Waals surface area contributed by atoms with E-state index in [1.165, 1.54) is 25.1 Å². The van der Waals surface area contributed by atoms with Crippen molar-refractivity contribution < 1.29 is 45.4 Å². The first-order valence-electron chi connectivity index (χ1n) is 13.6. The van der Waals surface area contributed by atoms with Crippen LogP contribution in [0.5, 0.6) is 0 Å². The van der Waals surface area contributed by atoms with Gasteiger partial charge in [-0.2, -0.15) is 26.3 Å². The van der Waals surface area contributed by atoms with Crippen LogP contribution in [0.25, 0.3) is 0 Å². The maximum atomic E-state index is 13.9. The molecule has 0 bridgehead atoms. The first kappa shape index (κ1) is 28.2. The average molecular weight is 584 g/mol. The fourth-order valence-electron chi connectivity index (χ4n) is 7.39. The van der Waals surface area contributed by atoms with Crippen molar-refractivity contribution in [3.63, 3.8) is 0 Å². The Morgan fingerprint density at radius 3 is 2.22 bits per heavy atom. The van der Waals surface area contributed by atoms with Crippen LogP contribution in [0.1, 0.15) is 66.9 Å². The predicted molar refractivity (Wildman–Crippen MR) is 133 cm³/mol. The number of carbonyl (C=O) groups excluding carboxylic acids is 1. The molecule has 220 valence electrons. The van der Waals surface area contributed by atoms with Gasteiger partial charge in [0.1, 0.15) is 11.9 Å². The van der Waals surface area contributed by atoms with E-state index < -0.39 is 47.6 Å². The number of ether oxygens (including phenoxy) is 1. The van der Waals surface area contributed by atoms with Gasteiger partial charge in [-0.1, -0.05) is 12.1 Å². The van der Waals surface area contributed by atoms with E-state index in [0.717, 1.165) is 24.1 Å². The minimum absolute atomic E-state index is 0.00935. The summed E-state index contributed by atoms with van der Waals surface area (Å²) >= 11 is 0. The molecule has 1 spiro atoms. The van der Waals surface area contributed by atoms with Gasteiger partial charge >= 0.3 is 12.4 Å². The summed E-state index contributed by atoms with van der Waals surface area (Å²) in [6, 6.07) is 7.59. The van der Waals surface area contributed by atoms with Gasteiger partial charge in [0.2, 0.25) is 0 Å². The summed E-state index contributed by atoms with van der Waals surface area (Å²) in [4.78, 5) is 14.2. The first-order valence-corrected chi connectivity index (χ1v) is 13.6. The molecule has 2 aromatic carbocycles. The van der Waals surface area contributed by atoms with E-state index >= 15 is 0 Å². The highest BCUT2D eigenvalue weighted by atomic mass is 19.4. The molecule has 1 saturated heterocycles. The number of halogens is 7. The molecule has 3 fully saturated rings. The Labute approximate surface area is 231 Å². The maximum Gasteiger partial charge on any atom is 0.416 e. The van der Waals surface area contributed by atoms with E-state index in [9.17, 15) is 40.6 Å². The van der Waals surface area contributed by atoms with Gasteiger partial charge in [-0.25, -0.2) is 4.39 Å². The second-order valence-corrected chi connectivity index (χ2v) is 11.7. The molecule has 41 heavy (non-hydrogen) atoms. The van der Waals surface area contributed by atoms with Gasteiger partial charge in [-0.3, -0.25) is 4.79 Å². The number of hydrogen-bond acceptors (Lipinski definition) is 4. The number of carbonyl (C=O) groups is 1. The smallest absolute Gasteiger partial charge is 0.385 e. The molecule has 4 aliphatic rings. The lowest BCUT2D eigenvalue weighted by atomic mass is 9.66. The zero-order valence-corrected chi connectivity index (χ0v) is 22.0. The van der Waals surface area contributed by atoms with Crippen molar-refractivity contribution in [2.45, 2.75) is 75.2 Å². The zero-order chi connectivity index (χ0) is 29.5. The Balaban J connectivity index is 1.32. The monoisotopic (exact) mass is 583 g/mol. The van der Waals surface area contributed by atoms with E-state index in [4.69, 9.17) is 4.74 Å². The molecule has 1 aliphatic heterocycles. The van der Waals surface area contributed by atoms with Crippen molar-refractivity contribution in [1.82, 2.24) is 4.90 Å². The molecule has 2 saturated carbocycles. The molecule has 0 aromatic heterocycles. The van der Waals surface area contributed by atoms with Crippen molar-refractivity contribution in [2.24, 2.45) is 11.3 Å². The molecule has 7 atom stereocenters. The third-order valence-electron chi connectivity index (χ3n) is 9.44. The number of benzene rings is 2. The first-order chi connectivity index (χ1) is 19.2. The zero-order valence-electron chi connectivity index (χ0n) is 22.0. The van der Waals surface area contributed by atoms with Crippen molar-refractivity contribution in [3.05, 3.63) is 82.3 Å². The van der Waals surface area contributed by atoms with Crippen molar-refractivity contribution in [1.29, 1.82) is 0 Å². The van der Waals surface area contributed by atoms with Crippen LogP contribution in [0.2, 0.25) is 0 Å². The van der Waals surface area contributed by atoms with Gasteiger partial charge in [0.25, 0.3) is 0 Å². The summed E-state index contributed by atoms with van der Waals surface area (Å²) in [5.74, 6) is -1.09. The molecular weight excluding hydrogens is 555 g/mol. The fraction of sp³-hybridized carbons (Fsp3) is 0.500. The quantitative estimate of drug-likeness (QED) is 0.394. The van der Waals surface area contributed by atoms with Crippen LogP contribution in [0.4, 0.5) is 30.7 Å². The standard InChI is InChI=1S/C30H28F7NO3/c1-15(17-8-18(29(32,33)34)10-19(9-17)30(35,36)37)41-25-6-7-28-13-26(28)38(21-11-23(39)24(40)12-21)14-22(28)27(25)16-2-4-20(31)5-3-16/h2-5,8-11,15,22,24-27,40H,6-7,12-14H2,1H3/t15-,22+,24?,25+,26?,27+,28-/m1/s1. The molecule has 3 aliphatic carbocycles. The third-order valence-corrected chi connectivity index (χ3v) is 9.44. The second kappa shape index (κ2) is 9.55. The van der Waals surface area contributed by atoms with E-state index in [-0.39, 0.29) is 47.1 Å². The van der Waals surface area contributed by atoms with Crippen molar-refractivity contribution in [3.8, 4) is 0 Å². The summed E-state index contributed by atoms with van der Waals surface area (Å²) in [5.41, 5.74) is -1.58. The molecule has 0 radical (unpaired) electrons. The van der Waals surface area contributed by atoms with Crippen molar-refractivity contribution in [2.75, 3.05) is 6.54 Å². The molecule has 2 unspecified atom stereocenters. The molecule has 11 heteroatoms. The lowest BCUT2D eigenvalue weighted by molar-refractivity contribution is -0.143. The molecule has 2 aromatic rings. The Morgan fingerprint density at radius 1 is 1.02 bits per heavy atom. The Kier molecular flexibility index (Phi) is 6.57. The van der Waals surface area contributed by atoms with Crippen molar-refractivity contribution >= 4 is 5.78 Å². The summed E-state index contributed by atoms with van der Waals surface area (Å²) in [5, 5.41) is 10.0. The average Bonchev–Trinajstić information content (AvgIpc) is 3.38. The van der Waals surface area contributed by atoms with Gasteiger partial charge in [0.15, 0.2) is 5.78 Å². The number of aliphatic hydroxyl groups excluding tert-OH is 1. The van der Waals surface area contributed by atoms with Gasteiger partial charge in [0.05, 0.1) is 23.3 Å². The number of aliphatic hydroxyl groups is 1. The Morgan fingerprint density at radius 2 is 1.66 bits per heavy atom. The normalized spacial score (nSPS) is 32.0. The van der Waals surface area contributed by atoms with Gasteiger partial charge in [-0.05, 0) is 79.0 Å². The van der Waals surface area contributed by atoms with Crippen LogP contribution in [-0.4, -0.2) is 40.6 Å². The number of nitrogens with zero attached hydrogens (tertiary/aromatic N) is 1. The Bertz CT molecular complexity index is 1350. The molecular formula is C30H28F7NO3. The molecule has 6 rings (SSSR count). The molecule has 0 amide bonds. The SMILES string of the molecule is C[C@@H](O[C@H]1CC[C@]23CC2N(C2=CC(=O)C(O)C2)C[C@H]3[C@@H]1c1ccc(F)cc1)c1cc(C(F)(F)F)cc(C(F)(F)F)c1. The fourth-order valence-corrected chi connectivity index (χ4v) is 7.39. The number of likely N-dealkylation sites (tertiary alicyclic amines) is 1. The van der Waals surface area contributed by atoms with E-state index in [1.54, 1.807) is 12.1 Å². The van der Waals surface area contributed by atoms with Gasteiger partial charge in [0, 0.05) is 36.7 Å². The highest BCUT2D eigenvalue weighted by Gasteiger charge is 2.70. The highest BCUT2D eigenvalue weighted by molar-refractivity contribution is 5.96. The lowest BCUT2D eigenvalue weighted by Crippen LogP contribution is -2.40. The largest absolute Gasteiger partial charge is 0.416 e. The topological polar surface area (TPSA) is 49.8 Å². The summed E-state index contributed by atoms with van der Waals surface area (Å²) in [6.07, 6.45) is -8.84. The summed E-state index contributed by atoms with van der Waals surface area (Å²) in [6.45, 7) is 1.99. The third kappa shape index (κ3) is 4.94. The van der Waals surface area contributed by atoms with E-state index in [0.29, 0.717) is 25.1 Å².